The van der Waals surface area contributed by atoms with Crippen molar-refractivity contribution in [2.75, 3.05) is 7.11 Å². The first-order valence-corrected chi connectivity index (χ1v) is 11.0. The topological polar surface area (TPSA) is 76.1 Å². The van der Waals surface area contributed by atoms with E-state index in [-0.39, 0.29) is 5.91 Å². The molecule has 34 heavy (non-hydrogen) atoms. The Morgan fingerprint density at radius 2 is 1.62 bits per heavy atom. The summed E-state index contributed by atoms with van der Waals surface area (Å²) in [6.45, 7) is 3.63. The van der Waals surface area contributed by atoms with E-state index in [1.807, 2.05) is 73.7 Å². The minimum atomic E-state index is -1.22. The first-order chi connectivity index (χ1) is 16.4. The maximum absolute atomic E-state index is 13.9. The fraction of sp³-hybridized carbons (Fsp3) is 0.214. The van der Waals surface area contributed by atoms with Crippen LogP contribution in [0.25, 0.3) is 6.08 Å². The predicted octanol–water partition coefficient (Wildman–Crippen LogP) is 5.16. The normalized spacial score (nSPS) is 20.3. The maximum Gasteiger partial charge on any atom is 0.335 e. The summed E-state index contributed by atoms with van der Waals surface area (Å²) in [5.41, 5.74) is 3.61. The Kier molecular flexibility index (Phi) is 6.80. The number of methoxy groups -OCH3 is 1. The van der Waals surface area contributed by atoms with Crippen LogP contribution in [0.5, 0.6) is 5.75 Å². The molecule has 0 radical (unpaired) electrons. The number of carboxylic acids is 1. The van der Waals surface area contributed by atoms with Crippen molar-refractivity contribution in [2.45, 2.75) is 32.2 Å². The molecule has 0 saturated carbocycles. The highest BCUT2D eigenvalue weighted by Gasteiger charge is 2.49. The number of aryl methyl sites for hydroxylation is 1. The summed E-state index contributed by atoms with van der Waals surface area (Å²) in [6.07, 6.45) is -0.291. The largest absolute Gasteiger partial charge is 0.496 e. The highest BCUT2D eigenvalue weighted by Crippen LogP contribution is 2.44. The molecule has 0 aliphatic carbocycles. The van der Waals surface area contributed by atoms with E-state index < -0.39 is 24.3 Å². The van der Waals surface area contributed by atoms with Gasteiger partial charge in [-0.1, -0.05) is 66.7 Å². The second kappa shape index (κ2) is 9.93. The number of amides is 1. The van der Waals surface area contributed by atoms with Crippen molar-refractivity contribution >= 4 is 18.0 Å². The van der Waals surface area contributed by atoms with Crippen LogP contribution < -0.4 is 4.74 Å². The predicted molar refractivity (Wildman–Crippen MR) is 129 cm³/mol. The van der Waals surface area contributed by atoms with Gasteiger partial charge in [-0.05, 0) is 48.7 Å². The van der Waals surface area contributed by atoms with E-state index >= 15 is 0 Å². The molecule has 1 aliphatic heterocycles. The number of ether oxygens (including phenoxy) is 2. The third-order valence-electron chi connectivity index (χ3n) is 5.96. The molecule has 1 unspecified atom stereocenters. The fourth-order valence-corrected chi connectivity index (χ4v) is 4.34. The molecule has 0 bridgehead atoms. The molecule has 0 aromatic heterocycles. The number of carboxylic acid groups (broad SMARTS) is 1. The van der Waals surface area contributed by atoms with Crippen LogP contribution in [-0.2, 0) is 14.3 Å². The summed E-state index contributed by atoms with van der Waals surface area (Å²) in [5, 5.41) is 10.0. The van der Waals surface area contributed by atoms with Crippen LogP contribution in [0.1, 0.15) is 41.4 Å². The van der Waals surface area contributed by atoms with E-state index in [0.717, 1.165) is 11.1 Å². The summed E-state index contributed by atoms with van der Waals surface area (Å²) >= 11 is 0. The fourth-order valence-electron chi connectivity index (χ4n) is 4.34. The number of nitrogens with zero attached hydrogens (tertiary/aromatic N) is 1. The maximum atomic E-state index is 13.9. The molecule has 6 nitrogen and oxygen atoms in total. The standard InChI is InChI=1S/C28H27NO5/c1-18-17-22(14-15-23(18)33-3)27-29(26(30)19(2)16-20-10-6-4-7-11-20)24(25(34-27)28(31)32)21-12-8-5-9-13-21/h4-17,24-25,27H,1-3H3,(H,31,32)/b19-16+/t24-,25+,27?/m0/s1. The molecule has 3 aromatic carbocycles. The van der Waals surface area contributed by atoms with Gasteiger partial charge in [0.1, 0.15) is 5.75 Å². The van der Waals surface area contributed by atoms with Crippen LogP contribution in [0.3, 0.4) is 0 Å². The van der Waals surface area contributed by atoms with Gasteiger partial charge < -0.3 is 14.6 Å². The van der Waals surface area contributed by atoms with E-state index in [2.05, 4.69) is 0 Å². The molecule has 4 rings (SSSR count). The third-order valence-corrected chi connectivity index (χ3v) is 5.96. The molecule has 1 amide bonds. The summed E-state index contributed by atoms with van der Waals surface area (Å²) < 4.78 is 11.4. The summed E-state index contributed by atoms with van der Waals surface area (Å²) in [5.74, 6) is -0.710. The van der Waals surface area contributed by atoms with Crippen LogP contribution in [0.4, 0.5) is 0 Å². The first-order valence-electron chi connectivity index (χ1n) is 11.0. The lowest BCUT2D eigenvalue weighted by atomic mass is 9.99. The molecule has 3 aromatic rings. The van der Waals surface area contributed by atoms with Crippen LogP contribution in [0.15, 0.2) is 84.4 Å². The van der Waals surface area contributed by atoms with Gasteiger partial charge >= 0.3 is 5.97 Å². The zero-order chi connectivity index (χ0) is 24.2. The van der Waals surface area contributed by atoms with Gasteiger partial charge in [0.2, 0.25) is 0 Å². The summed E-state index contributed by atoms with van der Waals surface area (Å²) in [4.78, 5) is 27.7. The van der Waals surface area contributed by atoms with Gasteiger partial charge in [0.25, 0.3) is 5.91 Å². The minimum Gasteiger partial charge on any atom is -0.496 e. The van der Waals surface area contributed by atoms with E-state index in [4.69, 9.17) is 9.47 Å². The molecule has 6 heteroatoms. The van der Waals surface area contributed by atoms with Gasteiger partial charge in [0, 0.05) is 11.1 Å². The van der Waals surface area contributed by atoms with Crippen LogP contribution in [0.2, 0.25) is 0 Å². The van der Waals surface area contributed by atoms with E-state index in [9.17, 15) is 14.7 Å². The molecule has 1 saturated heterocycles. The van der Waals surface area contributed by atoms with Crippen molar-refractivity contribution in [3.63, 3.8) is 0 Å². The Morgan fingerprint density at radius 1 is 0.971 bits per heavy atom. The molecule has 1 heterocycles. The van der Waals surface area contributed by atoms with Crippen molar-refractivity contribution in [2.24, 2.45) is 0 Å². The number of aliphatic carboxylic acids is 1. The van der Waals surface area contributed by atoms with Gasteiger partial charge in [-0.2, -0.15) is 0 Å². The van der Waals surface area contributed by atoms with Crippen molar-refractivity contribution in [1.82, 2.24) is 4.90 Å². The Hall–Kier alpha value is -3.90. The number of carbonyl (C=O) groups is 2. The molecule has 3 atom stereocenters. The lowest BCUT2D eigenvalue weighted by Crippen LogP contribution is -2.37. The number of hydrogen-bond acceptors (Lipinski definition) is 4. The van der Waals surface area contributed by atoms with Crippen molar-refractivity contribution in [3.8, 4) is 5.75 Å². The van der Waals surface area contributed by atoms with E-state index in [1.165, 1.54) is 0 Å². The molecular formula is C28H27NO5. The van der Waals surface area contributed by atoms with Crippen molar-refractivity contribution in [3.05, 3.63) is 107 Å². The minimum absolute atomic E-state index is 0.292. The number of carbonyl (C=O) groups excluding carboxylic acids is 1. The summed E-state index contributed by atoms with van der Waals surface area (Å²) in [7, 11) is 1.59. The zero-order valence-electron chi connectivity index (χ0n) is 19.3. The van der Waals surface area contributed by atoms with Crippen molar-refractivity contribution in [1.29, 1.82) is 0 Å². The molecular weight excluding hydrogens is 430 g/mol. The smallest absolute Gasteiger partial charge is 0.335 e. The SMILES string of the molecule is COc1ccc(C2O[C@@H](C(=O)O)[C@H](c3ccccc3)N2C(=O)/C(C)=C/c2ccccc2)cc1C. The number of hydrogen-bond donors (Lipinski definition) is 1. The Bertz CT molecular complexity index is 1210. The lowest BCUT2D eigenvalue weighted by Gasteiger charge is -2.30. The molecule has 1 fully saturated rings. The van der Waals surface area contributed by atoms with Gasteiger partial charge in [0.05, 0.1) is 13.2 Å². The van der Waals surface area contributed by atoms with Crippen LogP contribution >= 0.6 is 0 Å². The van der Waals surface area contributed by atoms with Crippen LogP contribution in [-0.4, -0.2) is 35.1 Å². The van der Waals surface area contributed by atoms with Gasteiger partial charge in [-0.3, -0.25) is 9.69 Å². The average Bonchev–Trinajstić information content (AvgIpc) is 3.25. The Balaban J connectivity index is 1.82. The van der Waals surface area contributed by atoms with Gasteiger partial charge in [0.15, 0.2) is 12.3 Å². The molecule has 174 valence electrons. The zero-order valence-corrected chi connectivity index (χ0v) is 19.3. The van der Waals surface area contributed by atoms with E-state index in [1.54, 1.807) is 37.1 Å². The lowest BCUT2D eigenvalue weighted by molar-refractivity contribution is -0.151. The van der Waals surface area contributed by atoms with Crippen molar-refractivity contribution < 1.29 is 24.2 Å². The highest BCUT2D eigenvalue weighted by molar-refractivity contribution is 5.98. The second-order valence-corrected chi connectivity index (χ2v) is 8.28. The summed E-state index contributed by atoms with van der Waals surface area (Å²) in [6, 6.07) is 23.4. The monoisotopic (exact) mass is 457 g/mol. The van der Waals surface area contributed by atoms with Crippen LogP contribution in [0, 0.1) is 6.92 Å². The third kappa shape index (κ3) is 4.58. The average molecular weight is 458 g/mol. The highest BCUT2D eigenvalue weighted by atomic mass is 16.6. The molecule has 1 aliphatic rings. The quantitative estimate of drug-likeness (QED) is 0.518. The molecule has 0 spiro atoms. The van der Waals surface area contributed by atoms with Gasteiger partial charge in [-0.15, -0.1) is 0 Å². The number of rotatable bonds is 6. The van der Waals surface area contributed by atoms with E-state index in [0.29, 0.717) is 22.4 Å². The number of benzene rings is 3. The Morgan fingerprint density at radius 3 is 2.21 bits per heavy atom. The molecule has 1 N–H and O–H groups in total. The van der Waals surface area contributed by atoms with Gasteiger partial charge in [-0.25, -0.2) is 4.79 Å². The first kappa shape index (κ1) is 23.3. The second-order valence-electron chi connectivity index (χ2n) is 8.28. The Labute approximate surface area is 199 Å².